The van der Waals surface area contributed by atoms with Gasteiger partial charge in [0.05, 0.1) is 6.61 Å². The van der Waals surface area contributed by atoms with Crippen molar-refractivity contribution in [2.75, 3.05) is 26.8 Å². The minimum absolute atomic E-state index is 0.0597. The normalized spacial score (nSPS) is 38.1. The third kappa shape index (κ3) is 1.54. The van der Waals surface area contributed by atoms with E-state index in [0.717, 1.165) is 19.4 Å². The van der Waals surface area contributed by atoms with Gasteiger partial charge < -0.3 is 4.74 Å². The summed E-state index contributed by atoms with van der Waals surface area (Å²) < 4.78 is 30.4. The first-order valence-electron chi connectivity index (χ1n) is 5.20. The van der Waals surface area contributed by atoms with Crippen molar-refractivity contribution in [1.29, 1.82) is 0 Å². The zero-order chi connectivity index (χ0) is 10.2. The van der Waals surface area contributed by atoms with E-state index in [-0.39, 0.29) is 5.54 Å². The second-order valence-corrected chi connectivity index (χ2v) is 4.51. The van der Waals surface area contributed by atoms with Crippen LogP contribution in [0.25, 0.3) is 0 Å². The van der Waals surface area contributed by atoms with Crippen LogP contribution in [-0.2, 0) is 4.74 Å². The van der Waals surface area contributed by atoms with Gasteiger partial charge in [-0.1, -0.05) is 0 Å². The molecule has 2 heterocycles. The number of alkyl halides is 2. The molecule has 0 N–H and O–H groups in total. The second kappa shape index (κ2) is 3.74. The molecule has 0 saturated carbocycles. The van der Waals surface area contributed by atoms with E-state index in [9.17, 15) is 8.78 Å². The number of hydrogen-bond donors (Lipinski definition) is 0. The molecule has 2 aliphatic heterocycles. The number of rotatable bonds is 3. The predicted molar refractivity (Wildman–Crippen MR) is 49.5 cm³/mol. The summed E-state index contributed by atoms with van der Waals surface area (Å²) in [6, 6.07) is 0. The van der Waals surface area contributed by atoms with Crippen LogP contribution in [0.15, 0.2) is 0 Å². The maximum atomic E-state index is 12.6. The Morgan fingerprint density at radius 2 is 2.36 bits per heavy atom. The Morgan fingerprint density at radius 3 is 3.00 bits per heavy atom. The van der Waals surface area contributed by atoms with Crippen molar-refractivity contribution in [1.82, 2.24) is 4.90 Å². The predicted octanol–water partition coefficient (Wildman–Crippen LogP) is 1.75. The fourth-order valence-corrected chi connectivity index (χ4v) is 3.01. The van der Waals surface area contributed by atoms with Crippen molar-refractivity contribution in [2.24, 2.45) is 5.92 Å². The first-order chi connectivity index (χ1) is 6.68. The fraction of sp³-hybridized carbons (Fsp3) is 1.00. The molecule has 0 bridgehead atoms. The van der Waals surface area contributed by atoms with Crippen molar-refractivity contribution in [2.45, 2.75) is 31.2 Å². The minimum Gasteiger partial charge on any atom is -0.383 e. The number of methoxy groups -OCH3 is 1. The fourth-order valence-electron chi connectivity index (χ4n) is 3.01. The highest BCUT2D eigenvalue weighted by molar-refractivity contribution is 5.03. The molecule has 0 spiro atoms. The third-order valence-electron chi connectivity index (χ3n) is 3.61. The van der Waals surface area contributed by atoms with Gasteiger partial charge in [0.2, 0.25) is 6.43 Å². The second-order valence-electron chi connectivity index (χ2n) is 4.51. The smallest absolute Gasteiger partial charge is 0.242 e. The molecule has 14 heavy (non-hydrogen) atoms. The van der Waals surface area contributed by atoms with Crippen LogP contribution < -0.4 is 0 Å². The summed E-state index contributed by atoms with van der Waals surface area (Å²) in [5.41, 5.74) is -0.0597. The number of ether oxygens (including phenoxy) is 1. The van der Waals surface area contributed by atoms with Gasteiger partial charge >= 0.3 is 0 Å². The molecule has 2 aliphatic rings. The Labute approximate surface area is 83.2 Å². The maximum absolute atomic E-state index is 12.6. The highest BCUT2D eigenvalue weighted by atomic mass is 19.3. The van der Waals surface area contributed by atoms with Crippen molar-refractivity contribution in [3.05, 3.63) is 0 Å². The lowest BCUT2D eigenvalue weighted by Gasteiger charge is -2.30. The topological polar surface area (TPSA) is 12.5 Å². The van der Waals surface area contributed by atoms with Gasteiger partial charge in [-0.05, 0) is 25.8 Å². The van der Waals surface area contributed by atoms with E-state index < -0.39 is 12.3 Å². The minimum atomic E-state index is -2.17. The lowest BCUT2D eigenvalue weighted by Crippen LogP contribution is -2.42. The Morgan fingerprint density at radius 1 is 1.57 bits per heavy atom. The van der Waals surface area contributed by atoms with Crippen LogP contribution >= 0.6 is 0 Å². The van der Waals surface area contributed by atoms with Gasteiger partial charge in [-0.25, -0.2) is 8.78 Å². The molecule has 0 amide bonds. The Kier molecular flexibility index (Phi) is 2.75. The molecular weight excluding hydrogens is 188 g/mol. The first-order valence-corrected chi connectivity index (χ1v) is 5.20. The molecule has 2 atom stereocenters. The Hall–Kier alpha value is -0.220. The van der Waals surface area contributed by atoms with Crippen LogP contribution in [0, 0.1) is 5.92 Å². The zero-order valence-electron chi connectivity index (χ0n) is 8.51. The molecule has 0 aromatic heterocycles. The SMILES string of the molecule is COC[C@@]12CCCN1C[C@H](C(F)F)C2. The third-order valence-corrected chi connectivity index (χ3v) is 3.61. The standard InChI is InChI=1S/C10H17F2NO/c1-14-7-10-3-2-4-13(10)6-8(5-10)9(11)12/h8-9H,2-7H2,1H3/t8-,10+/m1/s1. The highest BCUT2D eigenvalue weighted by Crippen LogP contribution is 2.43. The molecule has 4 heteroatoms. The van der Waals surface area contributed by atoms with Gasteiger partial charge in [0, 0.05) is 25.1 Å². The number of hydrogen-bond acceptors (Lipinski definition) is 2. The molecule has 0 aliphatic carbocycles. The quantitative estimate of drug-likeness (QED) is 0.696. The average molecular weight is 205 g/mol. The largest absolute Gasteiger partial charge is 0.383 e. The molecule has 0 aromatic carbocycles. The summed E-state index contributed by atoms with van der Waals surface area (Å²) in [5.74, 6) is -0.439. The molecule has 0 unspecified atom stereocenters. The van der Waals surface area contributed by atoms with Crippen LogP contribution in [0.4, 0.5) is 8.78 Å². The molecule has 2 saturated heterocycles. The molecule has 0 radical (unpaired) electrons. The van der Waals surface area contributed by atoms with E-state index in [0.29, 0.717) is 19.6 Å². The van der Waals surface area contributed by atoms with Gasteiger partial charge in [-0.2, -0.15) is 0 Å². The summed E-state index contributed by atoms with van der Waals surface area (Å²) in [6.07, 6.45) is 0.580. The van der Waals surface area contributed by atoms with Gasteiger partial charge in [0.15, 0.2) is 0 Å². The van der Waals surface area contributed by atoms with Crippen LogP contribution in [0.2, 0.25) is 0 Å². The van der Waals surface area contributed by atoms with Crippen LogP contribution in [0.3, 0.4) is 0 Å². The van der Waals surface area contributed by atoms with E-state index in [1.165, 1.54) is 0 Å². The molecule has 82 valence electrons. The Balaban J connectivity index is 2.06. The van der Waals surface area contributed by atoms with Crippen LogP contribution in [-0.4, -0.2) is 43.7 Å². The van der Waals surface area contributed by atoms with E-state index >= 15 is 0 Å². The summed E-state index contributed by atoms with van der Waals surface area (Å²) >= 11 is 0. The lowest BCUT2D eigenvalue weighted by molar-refractivity contribution is 0.0616. The van der Waals surface area contributed by atoms with Gasteiger partial charge in [0.1, 0.15) is 0 Å². The average Bonchev–Trinajstić information content (AvgIpc) is 2.60. The van der Waals surface area contributed by atoms with Crippen molar-refractivity contribution in [3.63, 3.8) is 0 Å². The van der Waals surface area contributed by atoms with E-state index in [2.05, 4.69) is 4.90 Å². The van der Waals surface area contributed by atoms with Crippen LogP contribution in [0.1, 0.15) is 19.3 Å². The number of fused-ring (bicyclic) bond motifs is 1. The van der Waals surface area contributed by atoms with Crippen molar-refractivity contribution < 1.29 is 13.5 Å². The summed E-state index contributed by atoms with van der Waals surface area (Å²) in [5, 5.41) is 0. The van der Waals surface area contributed by atoms with Gasteiger partial charge in [-0.3, -0.25) is 4.90 Å². The number of halogens is 2. The number of nitrogens with zero attached hydrogens (tertiary/aromatic N) is 1. The summed E-state index contributed by atoms with van der Waals surface area (Å²) in [6.45, 7) is 2.13. The first kappa shape index (κ1) is 10.3. The summed E-state index contributed by atoms with van der Waals surface area (Å²) in [4.78, 5) is 2.20. The van der Waals surface area contributed by atoms with Gasteiger partial charge in [0.25, 0.3) is 0 Å². The van der Waals surface area contributed by atoms with Crippen LogP contribution in [0.5, 0.6) is 0 Å². The zero-order valence-corrected chi connectivity index (χ0v) is 8.51. The Bertz CT molecular complexity index is 212. The van der Waals surface area contributed by atoms with E-state index in [1.54, 1.807) is 7.11 Å². The van der Waals surface area contributed by atoms with Crippen molar-refractivity contribution in [3.8, 4) is 0 Å². The highest BCUT2D eigenvalue weighted by Gasteiger charge is 2.50. The monoisotopic (exact) mass is 205 g/mol. The molecular formula is C10H17F2NO. The maximum Gasteiger partial charge on any atom is 0.242 e. The van der Waals surface area contributed by atoms with Gasteiger partial charge in [-0.15, -0.1) is 0 Å². The molecule has 0 aromatic rings. The molecule has 2 nitrogen and oxygen atoms in total. The van der Waals surface area contributed by atoms with E-state index in [4.69, 9.17) is 4.74 Å². The molecule has 2 fully saturated rings. The molecule has 2 rings (SSSR count). The summed E-state index contributed by atoms with van der Waals surface area (Å²) in [7, 11) is 1.65. The van der Waals surface area contributed by atoms with Crippen molar-refractivity contribution >= 4 is 0 Å². The van der Waals surface area contributed by atoms with E-state index in [1.807, 2.05) is 0 Å². The lowest BCUT2D eigenvalue weighted by atomic mass is 9.91.